The van der Waals surface area contributed by atoms with Crippen molar-refractivity contribution in [3.63, 3.8) is 0 Å². The summed E-state index contributed by atoms with van der Waals surface area (Å²) in [5.41, 5.74) is -2.85. The molecule has 8 N–H and O–H groups in total. The van der Waals surface area contributed by atoms with Crippen LogP contribution in [0.15, 0.2) is 0 Å². The van der Waals surface area contributed by atoms with Crippen molar-refractivity contribution in [3.8, 4) is 0 Å². The van der Waals surface area contributed by atoms with E-state index < -0.39 is 84.1 Å². The first-order valence-corrected chi connectivity index (χ1v) is 20.3. The van der Waals surface area contributed by atoms with Gasteiger partial charge >= 0.3 is 0 Å². The minimum absolute atomic E-state index is 0.0153. The third-order valence-electron chi connectivity index (χ3n) is 17.2. The van der Waals surface area contributed by atoms with Crippen LogP contribution in [0, 0.1) is 44.8 Å². The maximum absolute atomic E-state index is 12.2. The monoisotopic (exact) mass is 754 g/mol. The Kier molecular flexibility index (Phi) is 9.27. The Morgan fingerprint density at radius 3 is 1.83 bits per heavy atom. The molecule has 8 fully saturated rings. The van der Waals surface area contributed by atoms with Crippen molar-refractivity contribution in [1.82, 2.24) is 0 Å². The topological polar surface area (TPSA) is 208 Å². The zero-order valence-corrected chi connectivity index (χ0v) is 32.6. The second kappa shape index (κ2) is 12.5. The number of aliphatic hydroxyl groups is 8. The molecule has 20 atom stereocenters. The quantitative estimate of drug-likeness (QED) is 0.181. The van der Waals surface area contributed by atoms with Gasteiger partial charge in [0.05, 0.1) is 48.8 Å². The van der Waals surface area contributed by atoms with Crippen molar-refractivity contribution in [2.45, 2.75) is 191 Å². The summed E-state index contributed by atoms with van der Waals surface area (Å²) < 4.78 is 31.8. The molecule has 8 rings (SSSR count). The highest BCUT2D eigenvalue weighted by Crippen LogP contribution is 2.89. The number of aliphatic hydroxyl groups excluding tert-OH is 7. The lowest BCUT2D eigenvalue weighted by molar-refractivity contribution is -0.326. The first kappa shape index (κ1) is 39.3. The van der Waals surface area contributed by atoms with Crippen molar-refractivity contribution in [1.29, 1.82) is 0 Å². The van der Waals surface area contributed by atoms with Gasteiger partial charge in [0.1, 0.15) is 36.6 Å². The van der Waals surface area contributed by atoms with E-state index >= 15 is 0 Å². The maximum atomic E-state index is 12.2. The second-order valence-electron chi connectivity index (χ2n) is 20.6. The van der Waals surface area contributed by atoms with Crippen LogP contribution in [0.2, 0.25) is 0 Å². The molecule has 0 aromatic carbocycles. The Hall–Kier alpha value is -0.520. The van der Waals surface area contributed by atoms with Gasteiger partial charge in [-0.25, -0.2) is 0 Å². The maximum Gasteiger partial charge on any atom is 0.186 e. The van der Waals surface area contributed by atoms with Gasteiger partial charge in [0.15, 0.2) is 12.6 Å². The number of hydrogen-bond donors (Lipinski definition) is 8. The molecule has 0 bridgehead atoms. The lowest BCUT2D eigenvalue weighted by atomic mass is 9.41. The molecule has 3 heterocycles. The Morgan fingerprint density at radius 2 is 1.25 bits per heavy atom. The molecule has 304 valence electrons. The molecule has 8 aliphatic rings. The van der Waals surface area contributed by atoms with E-state index in [-0.39, 0.29) is 58.7 Å². The normalized spacial score (nSPS) is 59.0. The minimum atomic E-state index is -1.45. The Morgan fingerprint density at radius 1 is 0.642 bits per heavy atom. The molecule has 0 aromatic rings. The predicted molar refractivity (Wildman–Crippen MR) is 188 cm³/mol. The van der Waals surface area contributed by atoms with Gasteiger partial charge in [-0.3, -0.25) is 0 Å². The zero-order chi connectivity index (χ0) is 38.5. The summed E-state index contributed by atoms with van der Waals surface area (Å²) in [5.74, 6) is -0.0540. The molecule has 0 unspecified atom stereocenters. The molecule has 53 heavy (non-hydrogen) atoms. The first-order valence-electron chi connectivity index (χ1n) is 20.3. The van der Waals surface area contributed by atoms with E-state index in [1.807, 2.05) is 0 Å². The summed E-state index contributed by atoms with van der Waals surface area (Å²) in [6.07, 6.45) is -4.95. The van der Waals surface area contributed by atoms with E-state index in [0.717, 1.165) is 38.5 Å². The largest absolute Gasteiger partial charge is 0.393 e. The van der Waals surface area contributed by atoms with E-state index in [0.29, 0.717) is 19.3 Å². The third kappa shape index (κ3) is 5.42. The van der Waals surface area contributed by atoms with Gasteiger partial charge in [-0.05, 0) is 117 Å². The summed E-state index contributed by atoms with van der Waals surface area (Å²) in [5, 5.41) is 86.4. The molecule has 13 heteroatoms. The van der Waals surface area contributed by atoms with Gasteiger partial charge < -0.3 is 64.5 Å². The van der Waals surface area contributed by atoms with Crippen molar-refractivity contribution >= 4 is 0 Å². The van der Waals surface area contributed by atoms with E-state index in [9.17, 15) is 40.9 Å². The lowest BCUT2D eigenvalue weighted by Crippen LogP contribution is -2.64. The van der Waals surface area contributed by atoms with Crippen LogP contribution < -0.4 is 0 Å². The highest BCUT2D eigenvalue weighted by molar-refractivity contribution is 5.33. The molecule has 0 radical (unpaired) electrons. The summed E-state index contributed by atoms with van der Waals surface area (Å²) in [6.45, 7) is 14.4. The fourth-order valence-electron chi connectivity index (χ4n) is 14.6. The molecule has 3 saturated heterocycles. The second-order valence-corrected chi connectivity index (χ2v) is 20.6. The fraction of sp³-hybridized carbons (Fsp3) is 1.00. The standard InChI is InChI=1S/C40H66O13/c1-34(2)24(52-33-29(47)27(45)21(43)17-50-33)9-11-40-18-39(40)13-12-36(5)30(38(7)10-8-25(53-38)35(3,4)48)19(41)15-37(36,6)23(39)14-22(31(34)40)51-32-28(46)26(44)20(42)16-49-32/h19-33,41-48H,8-18H2,1-7H3/t19-,20+,21+,22-,23-,24-,25+,26-,27-,28+,29+,30-,31+,32-,33-,36+,37-,38-,39-,40+/m0/s1. The van der Waals surface area contributed by atoms with Crippen LogP contribution in [0.5, 0.6) is 0 Å². The average molecular weight is 755 g/mol. The minimum Gasteiger partial charge on any atom is -0.393 e. The first-order chi connectivity index (χ1) is 24.6. The van der Waals surface area contributed by atoms with Crippen LogP contribution in [0.1, 0.15) is 106 Å². The Labute approximate surface area is 313 Å². The summed E-state index contributed by atoms with van der Waals surface area (Å²) in [4.78, 5) is 0. The van der Waals surface area contributed by atoms with Gasteiger partial charge in [-0.15, -0.1) is 0 Å². The van der Waals surface area contributed by atoms with Crippen LogP contribution >= 0.6 is 0 Å². The van der Waals surface area contributed by atoms with Gasteiger partial charge in [0.25, 0.3) is 0 Å². The number of hydrogen-bond acceptors (Lipinski definition) is 13. The van der Waals surface area contributed by atoms with Crippen LogP contribution in [0.3, 0.4) is 0 Å². The predicted octanol–water partition coefficient (Wildman–Crippen LogP) is 1.36. The van der Waals surface area contributed by atoms with Gasteiger partial charge in [0, 0.05) is 5.92 Å². The average Bonchev–Trinajstić information content (AvgIpc) is 3.44. The molecular weight excluding hydrogens is 688 g/mol. The van der Waals surface area contributed by atoms with Crippen molar-refractivity contribution in [2.75, 3.05) is 13.2 Å². The zero-order valence-electron chi connectivity index (χ0n) is 32.6. The molecule has 13 nitrogen and oxygen atoms in total. The SMILES string of the molecule is CC(C)(O)[C@H]1CC[C@@](C)([C@H]2[C@@H](O)C[C@@]3(C)[C@@H]4C[C@H](O[C@@H]5OC[C@@H](O)[C@H](O)[C@H]5O)[C@@H]5C(C)(C)[C@@H](O[C@@H]6OC[C@@H](O)[C@H](O)[C@H]6O)CC[C@@]56C[C@@]46CC[C@]23C)O1. The number of ether oxygens (including phenoxy) is 5. The lowest BCUT2D eigenvalue weighted by Gasteiger charge is -2.65. The Bertz CT molecular complexity index is 1410. The van der Waals surface area contributed by atoms with Crippen molar-refractivity contribution in [3.05, 3.63) is 0 Å². The third-order valence-corrected chi connectivity index (χ3v) is 17.2. The van der Waals surface area contributed by atoms with E-state index in [1.165, 1.54) is 0 Å². The molecule has 0 amide bonds. The van der Waals surface area contributed by atoms with Crippen LogP contribution in [0.25, 0.3) is 0 Å². The van der Waals surface area contributed by atoms with E-state index in [1.54, 1.807) is 13.8 Å². The molecule has 3 aliphatic heterocycles. The van der Waals surface area contributed by atoms with Crippen LogP contribution in [-0.2, 0) is 23.7 Å². The molecule has 0 aromatic heterocycles. The van der Waals surface area contributed by atoms with E-state index in [4.69, 9.17) is 23.7 Å². The number of rotatable bonds is 6. The van der Waals surface area contributed by atoms with E-state index in [2.05, 4.69) is 34.6 Å². The highest BCUT2D eigenvalue weighted by Gasteiger charge is 2.85. The molecule has 2 spiro atoms. The molecular formula is C40H66O13. The summed E-state index contributed by atoms with van der Waals surface area (Å²) in [6, 6.07) is 0. The van der Waals surface area contributed by atoms with Crippen LogP contribution in [-0.4, -0.2) is 139 Å². The molecule has 5 saturated carbocycles. The van der Waals surface area contributed by atoms with Crippen LogP contribution in [0.4, 0.5) is 0 Å². The highest BCUT2D eigenvalue weighted by atomic mass is 16.7. The van der Waals surface area contributed by atoms with Crippen molar-refractivity contribution < 1.29 is 64.5 Å². The molecule has 5 aliphatic carbocycles. The summed E-state index contributed by atoms with van der Waals surface area (Å²) >= 11 is 0. The van der Waals surface area contributed by atoms with Gasteiger partial charge in [-0.1, -0.05) is 27.7 Å². The Balaban J connectivity index is 1.14. The smallest absolute Gasteiger partial charge is 0.186 e. The fourth-order valence-corrected chi connectivity index (χ4v) is 14.6. The summed E-state index contributed by atoms with van der Waals surface area (Å²) in [7, 11) is 0. The van der Waals surface area contributed by atoms with Gasteiger partial charge in [0.2, 0.25) is 0 Å². The van der Waals surface area contributed by atoms with Gasteiger partial charge in [-0.2, -0.15) is 0 Å². The van der Waals surface area contributed by atoms with Crippen molar-refractivity contribution in [2.24, 2.45) is 44.8 Å². The number of fused-ring (bicyclic) bond motifs is 2.